The van der Waals surface area contributed by atoms with E-state index in [0.717, 1.165) is 6.04 Å². The number of hydrogen-bond acceptors (Lipinski definition) is 3. The molecule has 0 amide bonds. The molecule has 0 aliphatic carbocycles. The van der Waals surface area contributed by atoms with Gasteiger partial charge in [0.1, 0.15) is 0 Å². The Balaban J connectivity index is 4.46. The van der Waals surface area contributed by atoms with Crippen molar-refractivity contribution in [2.24, 2.45) is 0 Å². The van der Waals surface area contributed by atoms with Gasteiger partial charge in [-0.05, 0) is 20.8 Å². The molecule has 0 saturated carbocycles. The van der Waals surface area contributed by atoms with Crippen LogP contribution in [0.15, 0.2) is 0 Å². The highest BCUT2D eigenvalue weighted by molar-refractivity contribution is 7.23. The van der Waals surface area contributed by atoms with Crippen LogP contribution in [0.4, 0.5) is 0 Å². The molecule has 0 aliphatic rings. The maximum atomic E-state index is 5.72. The van der Waals surface area contributed by atoms with Gasteiger partial charge in [-0.3, -0.25) is 0 Å². The van der Waals surface area contributed by atoms with E-state index in [1.54, 1.807) is 0 Å². The maximum absolute atomic E-state index is 5.72. The molecule has 0 aromatic rings. The lowest BCUT2D eigenvalue weighted by Gasteiger charge is -2.34. The van der Waals surface area contributed by atoms with Gasteiger partial charge < -0.3 is 14.2 Å². The van der Waals surface area contributed by atoms with Crippen LogP contribution in [-0.4, -0.2) is 42.4 Å². The summed E-state index contributed by atoms with van der Waals surface area (Å²) in [6.07, 6.45) is 0. The van der Waals surface area contributed by atoms with Gasteiger partial charge in [0.05, 0.1) is 0 Å². The van der Waals surface area contributed by atoms with E-state index < -0.39 is 13.6 Å². The number of rotatable bonds is 9. The van der Waals surface area contributed by atoms with Crippen molar-refractivity contribution in [2.75, 3.05) is 19.8 Å². The van der Waals surface area contributed by atoms with E-state index in [1.807, 2.05) is 20.8 Å². The summed E-state index contributed by atoms with van der Waals surface area (Å²) < 4.78 is 17.2. The van der Waals surface area contributed by atoms with E-state index in [0.29, 0.717) is 19.8 Å². The summed E-state index contributed by atoms with van der Waals surface area (Å²) in [6, 6.07) is 0.970. The van der Waals surface area contributed by atoms with E-state index in [9.17, 15) is 0 Å². The first kappa shape index (κ1) is 16.3. The summed E-state index contributed by atoms with van der Waals surface area (Å²) >= 11 is 0. The van der Waals surface area contributed by atoms with Gasteiger partial charge in [-0.25, -0.2) is 0 Å². The van der Waals surface area contributed by atoms with Gasteiger partial charge in [0, 0.05) is 42.5 Å². The molecule has 0 rings (SSSR count). The van der Waals surface area contributed by atoms with Gasteiger partial charge in [-0.2, -0.15) is 0 Å². The van der Waals surface area contributed by atoms with Crippen LogP contribution < -0.4 is 0 Å². The SMILES string of the molecule is CCOC(C[SiH2][Si](C)(C)C)(OCC)OCC. The van der Waals surface area contributed by atoms with Gasteiger partial charge >= 0.3 is 0 Å². The Morgan fingerprint density at radius 3 is 1.50 bits per heavy atom. The predicted octanol–water partition coefficient (Wildman–Crippen LogP) is 2.17. The molecule has 0 spiro atoms. The molecule has 0 unspecified atom stereocenters. The van der Waals surface area contributed by atoms with Gasteiger partial charge in [-0.1, -0.05) is 19.6 Å². The summed E-state index contributed by atoms with van der Waals surface area (Å²) in [6.45, 7) is 15.1. The molecular weight excluding hydrogens is 236 g/mol. The lowest BCUT2D eigenvalue weighted by Crippen LogP contribution is -2.44. The minimum atomic E-state index is -0.955. The zero-order valence-electron chi connectivity index (χ0n) is 11.8. The van der Waals surface area contributed by atoms with Gasteiger partial charge in [0.15, 0.2) is 0 Å². The quantitative estimate of drug-likeness (QED) is 0.472. The van der Waals surface area contributed by atoms with E-state index in [2.05, 4.69) is 19.6 Å². The average Bonchev–Trinajstić information content (AvgIpc) is 2.15. The predicted molar refractivity (Wildman–Crippen MR) is 74.3 cm³/mol. The zero-order chi connectivity index (χ0) is 12.7. The summed E-state index contributed by atoms with van der Waals surface area (Å²) in [5.41, 5.74) is 0. The van der Waals surface area contributed by atoms with Crippen molar-refractivity contribution in [3.8, 4) is 0 Å². The Kier molecular flexibility index (Phi) is 7.75. The topological polar surface area (TPSA) is 27.7 Å². The maximum Gasteiger partial charge on any atom is 0.279 e. The standard InChI is InChI=1S/C11H28O3Si2/c1-7-12-11(13-8-2,14-9-3)10-15-16(4,5)6/h7-10,15H2,1-6H3. The molecule has 0 aliphatic heterocycles. The highest BCUT2D eigenvalue weighted by Gasteiger charge is 2.34. The molecule has 0 saturated heterocycles. The molecule has 0 N–H and O–H groups in total. The molecule has 0 aromatic carbocycles. The van der Waals surface area contributed by atoms with E-state index in [-0.39, 0.29) is 9.04 Å². The van der Waals surface area contributed by atoms with Crippen LogP contribution in [0.25, 0.3) is 0 Å². The second-order valence-electron chi connectivity index (χ2n) is 5.04. The molecule has 0 atom stereocenters. The summed E-state index contributed by atoms with van der Waals surface area (Å²) in [4.78, 5) is 0. The van der Waals surface area contributed by atoms with Crippen LogP contribution in [0, 0.1) is 0 Å². The highest BCUT2D eigenvalue weighted by Crippen LogP contribution is 2.22. The summed E-state index contributed by atoms with van der Waals surface area (Å²) in [7, 11) is -1.11. The van der Waals surface area contributed by atoms with Crippen molar-refractivity contribution < 1.29 is 14.2 Å². The van der Waals surface area contributed by atoms with Gasteiger partial charge in [-0.15, -0.1) is 0 Å². The highest BCUT2D eigenvalue weighted by atomic mass is 29.2. The summed E-state index contributed by atoms with van der Waals surface area (Å²) in [5.74, 6) is -0.745. The minimum Gasteiger partial charge on any atom is -0.328 e. The third-order valence-corrected chi connectivity index (χ3v) is 9.89. The third-order valence-electron chi connectivity index (χ3n) is 2.27. The smallest absolute Gasteiger partial charge is 0.279 e. The van der Waals surface area contributed by atoms with Crippen LogP contribution in [-0.2, 0) is 14.2 Å². The molecule has 0 fully saturated rings. The Hall–Kier alpha value is 0.314. The normalized spacial score (nSPS) is 13.9. The van der Waals surface area contributed by atoms with Crippen molar-refractivity contribution in [1.29, 1.82) is 0 Å². The fourth-order valence-corrected chi connectivity index (χ4v) is 6.19. The molecule has 0 bridgehead atoms. The third kappa shape index (κ3) is 6.80. The average molecular weight is 265 g/mol. The second kappa shape index (κ2) is 7.60. The second-order valence-corrected chi connectivity index (χ2v) is 19.0. The Morgan fingerprint density at radius 1 is 0.875 bits per heavy atom. The van der Waals surface area contributed by atoms with Crippen molar-refractivity contribution in [1.82, 2.24) is 0 Å². The number of ether oxygens (including phenoxy) is 3. The Bertz CT molecular complexity index is 164. The van der Waals surface area contributed by atoms with Crippen molar-refractivity contribution in [3.05, 3.63) is 0 Å². The Labute approximate surface area is 103 Å². The molecule has 98 valence electrons. The van der Waals surface area contributed by atoms with Crippen molar-refractivity contribution >= 4 is 16.6 Å². The minimum absolute atomic E-state index is 0.152. The van der Waals surface area contributed by atoms with Crippen molar-refractivity contribution in [3.63, 3.8) is 0 Å². The molecule has 3 nitrogen and oxygen atoms in total. The van der Waals surface area contributed by atoms with E-state index in [4.69, 9.17) is 14.2 Å². The monoisotopic (exact) mass is 264 g/mol. The van der Waals surface area contributed by atoms with Crippen molar-refractivity contribution in [2.45, 2.75) is 52.4 Å². The fourth-order valence-electron chi connectivity index (χ4n) is 1.53. The molecular formula is C11H28O3Si2. The number of hydrogen-bond donors (Lipinski definition) is 0. The van der Waals surface area contributed by atoms with E-state index >= 15 is 0 Å². The molecule has 16 heavy (non-hydrogen) atoms. The molecule has 0 radical (unpaired) electrons. The largest absolute Gasteiger partial charge is 0.328 e. The fraction of sp³-hybridized carbons (Fsp3) is 1.00. The van der Waals surface area contributed by atoms with Crippen LogP contribution in [0.5, 0.6) is 0 Å². The lowest BCUT2D eigenvalue weighted by atomic mass is 10.6. The van der Waals surface area contributed by atoms with Gasteiger partial charge in [0.2, 0.25) is 0 Å². The van der Waals surface area contributed by atoms with Gasteiger partial charge in [0.25, 0.3) is 5.97 Å². The first-order valence-corrected chi connectivity index (χ1v) is 13.1. The van der Waals surface area contributed by atoms with Crippen LogP contribution in [0.1, 0.15) is 20.8 Å². The van der Waals surface area contributed by atoms with Crippen LogP contribution in [0.3, 0.4) is 0 Å². The first-order valence-electron chi connectivity index (χ1n) is 6.31. The first-order chi connectivity index (χ1) is 7.39. The zero-order valence-corrected chi connectivity index (χ0v) is 14.2. The van der Waals surface area contributed by atoms with E-state index in [1.165, 1.54) is 0 Å². The lowest BCUT2D eigenvalue weighted by molar-refractivity contribution is -0.365. The molecule has 0 heterocycles. The van der Waals surface area contributed by atoms with Crippen LogP contribution >= 0.6 is 0 Å². The van der Waals surface area contributed by atoms with Crippen LogP contribution in [0.2, 0.25) is 25.7 Å². The molecule has 0 aromatic heterocycles. The summed E-state index contributed by atoms with van der Waals surface area (Å²) in [5, 5.41) is 0. The Morgan fingerprint density at radius 2 is 1.25 bits per heavy atom. The molecule has 5 heteroatoms.